The summed E-state index contributed by atoms with van der Waals surface area (Å²) in [6, 6.07) is 0.104. The molecule has 2 amide bonds. The fraction of sp³-hybridized carbons (Fsp3) is 0.846. The maximum atomic E-state index is 12.5. The number of nitrogens with zero attached hydrogens (tertiary/aromatic N) is 1. The maximum absolute atomic E-state index is 12.5. The molecule has 0 aromatic heterocycles. The number of rotatable bonds is 4. The van der Waals surface area contributed by atoms with Crippen molar-refractivity contribution in [2.24, 2.45) is 5.73 Å². The molecule has 5 heteroatoms. The molecule has 1 saturated carbocycles. The molecule has 2 aliphatic rings. The Hall–Kier alpha value is -1.10. The molecule has 0 spiro atoms. The first-order chi connectivity index (χ1) is 8.68. The van der Waals surface area contributed by atoms with E-state index in [-0.39, 0.29) is 24.5 Å². The van der Waals surface area contributed by atoms with Crippen LogP contribution in [-0.4, -0.2) is 41.9 Å². The Bertz CT molecular complexity index is 307. The Balaban J connectivity index is 2.01. The van der Waals surface area contributed by atoms with Crippen molar-refractivity contribution in [1.29, 1.82) is 0 Å². The van der Waals surface area contributed by atoms with Crippen LogP contribution in [0.4, 0.5) is 0 Å². The molecular formula is C13H23N3O2. The number of amides is 2. The first kappa shape index (κ1) is 13.3. The quantitative estimate of drug-likeness (QED) is 0.761. The topological polar surface area (TPSA) is 75.4 Å². The van der Waals surface area contributed by atoms with Gasteiger partial charge in [0.25, 0.3) is 0 Å². The Morgan fingerprint density at radius 1 is 1.11 bits per heavy atom. The normalized spacial score (nSPS) is 25.0. The van der Waals surface area contributed by atoms with Gasteiger partial charge in [0.05, 0.1) is 12.6 Å². The molecule has 1 aliphatic carbocycles. The number of carbonyl (C=O) groups excluding carboxylic acids is 2. The summed E-state index contributed by atoms with van der Waals surface area (Å²) in [5, 5.41) is 3.25. The first-order valence-corrected chi connectivity index (χ1v) is 7.00. The van der Waals surface area contributed by atoms with E-state index in [0.717, 1.165) is 51.5 Å². The lowest BCUT2D eigenvalue weighted by atomic mass is 10.0. The number of piperidine rings is 1. The zero-order valence-electron chi connectivity index (χ0n) is 10.9. The van der Waals surface area contributed by atoms with Crippen molar-refractivity contribution in [1.82, 2.24) is 10.2 Å². The zero-order valence-corrected chi connectivity index (χ0v) is 10.9. The van der Waals surface area contributed by atoms with Crippen molar-refractivity contribution < 1.29 is 9.59 Å². The minimum absolute atomic E-state index is 0.0698. The lowest BCUT2D eigenvalue weighted by Gasteiger charge is -2.33. The summed E-state index contributed by atoms with van der Waals surface area (Å²) < 4.78 is 0. The molecule has 18 heavy (non-hydrogen) atoms. The number of hydrogen-bond acceptors (Lipinski definition) is 3. The van der Waals surface area contributed by atoms with E-state index in [4.69, 9.17) is 5.73 Å². The monoisotopic (exact) mass is 253 g/mol. The number of primary amides is 1. The molecule has 0 aromatic rings. The highest BCUT2D eigenvalue weighted by Crippen LogP contribution is 2.24. The number of nitrogens with one attached hydrogen (secondary N) is 1. The minimum Gasteiger partial charge on any atom is -0.368 e. The van der Waals surface area contributed by atoms with Gasteiger partial charge in [-0.25, -0.2) is 0 Å². The SMILES string of the molecule is NC(=O)CN(C(=O)C1CCCCN1)C1CCCC1. The van der Waals surface area contributed by atoms with Crippen LogP contribution in [0.25, 0.3) is 0 Å². The Kier molecular flexibility index (Phi) is 4.58. The minimum atomic E-state index is -0.411. The summed E-state index contributed by atoms with van der Waals surface area (Å²) in [5.74, 6) is -0.341. The Labute approximate surface area is 108 Å². The second-order valence-electron chi connectivity index (χ2n) is 5.37. The van der Waals surface area contributed by atoms with Crippen molar-refractivity contribution in [2.45, 2.75) is 57.0 Å². The molecule has 1 unspecified atom stereocenters. The van der Waals surface area contributed by atoms with Crippen LogP contribution in [0.5, 0.6) is 0 Å². The standard InChI is InChI=1S/C13H23N3O2/c14-12(17)9-16(10-5-1-2-6-10)13(18)11-7-3-4-8-15-11/h10-11,15H,1-9H2,(H2,14,17). The molecule has 1 saturated heterocycles. The van der Waals surface area contributed by atoms with Crippen LogP contribution in [0, 0.1) is 0 Å². The third-order valence-corrected chi connectivity index (χ3v) is 3.98. The molecule has 2 fully saturated rings. The average Bonchev–Trinajstić information content (AvgIpc) is 2.89. The third-order valence-electron chi connectivity index (χ3n) is 3.98. The molecule has 0 bridgehead atoms. The second-order valence-corrected chi connectivity index (χ2v) is 5.37. The number of nitrogens with two attached hydrogens (primary N) is 1. The predicted octanol–water partition coefficient (Wildman–Crippen LogP) is 0.385. The summed E-state index contributed by atoms with van der Waals surface area (Å²) in [6.45, 7) is 0.965. The summed E-state index contributed by atoms with van der Waals surface area (Å²) in [4.78, 5) is 25.4. The van der Waals surface area contributed by atoms with E-state index in [0.29, 0.717) is 0 Å². The van der Waals surface area contributed by atoms with Crippen LogP contribution >= 0.6 is 0 Å². The van der Waals surface area contributed by atoms with Gasteiger partial charge in [-0.05, 0) is 32.2 Å². The van der Waals surface area contributed by atoms with Crippen molar-refractivity contribution in [3.05, 3.63) is 0 Å². The highest BCUT2D eigenvalue weighted by atomic mass is 16.2. The highest BCUT2D eigenvalue weighted by Gasteiger charge is 2.32. The van der Waals surface area contributed by atoms with Crippen LogP contribution in [0.3, 0.4) is 0 Å². The number of carbonyl (C=O) groups is 2. The first-order valence-electron chi connectivity index (χ1n) is 7.00. The van der Waals surface area contributed by atoms with Gasteiger partial charge in [0.2, 0.25) is 11.8 Å². The Morgan fingerprint density at radius 2 is 1.78 bits per heavy atom. The van der Waals surface area contributed by atoms with Gasteiger partial charge in [-0.15, -0.1) is 0 Å². The van der Waals surface area contributed by atoms with Gasteiger partial charge in [0, 0.05) is 6.04 Å². The average molecular weight is 253 g/mol. The van der Waals surface area contributed by atoms with Gasteiger partial charge in [0.1, 0.15) is 0 Å². The molecule has 1 heterocycles. The molecule has 2 rings (SSSR count). The van der Waals surface area contributed by atoms with Gasteiger partial charge in [-0.3, -0.25) is 9.59 Å². The molecule has 1 aliphatic heterocycles. The van der Waals surface area contributed by atoms with Gasteiger partial charge in [-0.1, -0.05) is 19.3 Å². The molecule has 3 N–H and O–H groups in total. The number of hydrogen-bond donors (Lipinski definition) is 2. The molecule has 0 radical (unpaired) electrons. The largest absolute Gasteiger partial charge is 0.368 e. The molecule has 0 aromatic carbocycles. The van der Waals surface area contributed by atoms with Crippen LogP contribution in [-0.2, 0) is 9.59 Å². The molecule has 102 valence electrons. The van der Waals surface area contributed by atoms with E-state index >= 15 is 0 Å². The summed E-state index contributed by atoms with van der Waals surface area (Å²) in [6.07, 6.45) is 7.39. The summed E-state index contributed by atoms with van der Waals surface area (Å²) >= 11 is 0. The maximum Gasteiger partial charge on any atom is 0.240 e. The van der Waals surface area contributed by atoms with Crippen molar-refractivity contribution in [3.8, 4) is 0 Å². The fourth-order valence-electron chi connectivity index (χ4n) is 3.03. The second kappa shape index (κ2) is 6.18. The van der Waals surface area contributed by atoms with Crippen LogP contribution < -0.4 is 11.1 Å². The Morgan fingerprint density at radius 3 is 2.33 bits per heavy atom. The predicted molar refractivity (Wildman–Crippen MR) is 68.8 cm³/mol. The third kappa shape index (κ3) is 3.22. The lowest BCUT2D eigenvalue weighted by Crippen LogP contribution is -2.53. The van der Waals surface area contributed by atoms with Crippen LogP contribution in [0.15, 0.2) is 0 Å². The molecule has 1 atom stereocenters. The van der Waals surface area contributed by atoms with Crippen molar-refractivity contribution in [2.75, 3.05) is 13.1 Å². The van der Waals surface area contributed by atoms with E-state index < -0.39 is 5.91 Å². The van der Waals surface area contributed by atoms with E-state index in [9.17, 15) is 9.59 Å². The van der Waals surface area contributed by atoms with Gasteiger partial charge >= 0.3 is 0 Å². The zero-order chi connectivity index (χ0) is 13.0. The van der Waals surface area contributed by atoms with E-state index in [1.807, 2.05) is 0 Å². The lowest BCUT2D eigenvalue weighted by molar-refractivity contribution is -0.139. The van der Waals surface area contributed by atoms with Gasteiger partial charge in [-0.2, -0.15) is 0 Å². The molecule has 5 nitrogen and oxygen atoms in total. The van der Waals surface area contributed by atoms with Crippen LogP contribution in [0.1, 0.15) is 44.9 Å². The van der Waals surface area contributed by atoms with E-state index in [1.54, 1.807) is 4.90 Å². The summed E-state index contributed by atoms with van der Waals surface area (Å²) in [7, 11) is 0. The van der Waals surface area contributed by atoms with Crippen molar-refractivity contribution >= 4 is 11.8 Å². The summed E-state index contributed by atoms with van der Waals surface area (Å²) in [5.41, 5.74) is 5.28. The fourth-order valence-corrected chi connectivity index (χ4v) is 3.03. The highest BCUT2D eigenvalue weighted by molar-refractivity contribution is 5.87. The smallest absolute Gasteiger partial charge is 0.240 e. The van der Waals surface area contributed by atoms with E-state index in [2.05, 4.69) is 5.32 Å². The van der Waals surface area contributed by atoms with E-state index in [1.165, 1.54) is 0 Å². The molecular weight excluding hydrogens is 230 g/mol. The van der Waals surface area contributed by atoms with Crippen molar-refractivity contribution in [3.63, 3.8) is 0 Å². The van der Waals surface area contributed by atoms with Gasteiger partial charge in [0.15, 0.2) is 0 Å². The van der Waals surface area contributed by atoms with Gasteiger partial charge < -0.3 is 16.0 Å². The van der Waals surface area contributed by atoms with Crippen LogP contribution in [0.2, 0.25) is 0 Å².